The molecule has 1 aliphatic heterocycles. The number of hydrogen-bond acceptors (Lipinski definition) is 2. The molecule has 1 saturated heterocycles. The number of nitriles is 1. The van der Waals surface area contributed by atoms with Gasteiger partial charge >= 0.3 is 0 Å². The molecule has 1 heterocycles. The van der Waals surface area contributed by atoms with Crippen LogP contribution in [0.4, 0.5) is 0 Å². The standard InChI is InChI=1S/C7H10N2/c8-5-9-6-3-1-2-4-7(6)9/h6-7H,1-4H2. The Morgan fingerprint density at radius 3 is 2.22 bits per heavy atom. The molecule has 9 heavy (non-hydrogen) atoms. The number of rotatable bonds is 0. The van der Waals surface area contributed by atoms with Crippen LogP contribution in [0.15, 0.2) is 0 Å². The number of hydrogen-bond donors (Lipinski definition) is 0. The molecule has 0 bridgehead atoms. The minimum atomic E-state index is 0.656. The highest BCUT2D eigenvalue weighted by molar-refractivity contribution is 5.10. The quantitative estimate of drug-likeness (QED) is 0.355. The van der Waals surface area contributed by atoms with Crippen molar-refractivity contribution in [3.8, 4) is 6.19 Å². The first-order valence-corrected chi connectivity index (χ1v) is 3.61. The summed E-state index contributed by atoms with van der Waals surface area (Å²) in [5, 5.41) is 8.51. The van der Waals surface area contributed by atoms with Gasteiger partial charge in [0.2, 0.25) is 0 Å². The van der Waals surface area contributed by atoms with Gasteiger partial charge in [-0.05, 0) is 12.8 Å². The normalized spacial score (nSPS) is 39.2. The van der Waals surface area contributed by atoms with Gasteiger partial charge in [-0.25, -0.2) is 0 Å². The van der Waals surface area contributed by atoms with Crippen LogP contribution in [0.5, 0.6) is 0 Å². The molecule has 2 rings (SSSR count). The third kappa shape index (κ3) is 0.610. The van der Waals surface area contributed by atoms with Gasteiger partial charge in [0, 0.05) is 0 Å². The summed E-state index contributed by atoms with van der Waals surface area (Å²) >= 11 is 0. The largest absolute Gasteiger partial charge is 0.300 e. The summed E-state index contributed by atoms with van der Waals surface area (Å²) in [5.74, 6) is 0. The second-order valence-corrected chi connectivity index (χ2v) is 2.93. The molecule has 1 saturated carbocycles. The van der Waals surface area contributed by atoms with E-state index in [9.17, 15) is 0 Å². The van der Waals surface area contributed by atoms with Crippen molar-refractivity contribution in [1.82, 2.24) is 4.90 Å². The monoisotopic (exact) mass is 122 g/mol. The fourth-order valence-corrected chi connectivity index (χ4v) is 1.85. The Balaban J connectivity index is 2.00. The minimum Gasteiger partial charge on any atom is -0.300 e. The molecular formula is C7H10N2. The Bertz CT molecular complexity index is 147. The summed E-state index contributed by atoms with van der Waals surface area (Å²) in [6.45, 7) is 0. The molecule has 2 aliphatic rings. The van der Waals surface area contributed by atoms with Crippen molar-refractivity contribution in [2.24, 2.45) is 0 Å². The van der Waals surface area contributed by atoms with Gasteiger partial charge in [-0.2, -0.15) is 5.26 Å². The van der Waals surface area contributed by atoms with Crippen molar-refractivity contribution >= 4 is 0 Å². The van der Waals surface area contributed by atoms with E-state index in [-0.39, 0.29) is 0 Å². The molecule has 0 aromatic rings. The summed E-state index contributed by atoms with van der Waals surface area (Å²) in [5.41, 5.74) is 0. The molecule has 2 atom stereocenters. The van der Waals surface area contributed by atoms with Gasteiger partial charge in [-0.3, -0.25) is 0 Å². The molecule has 2 unspecified atom stereocenters. The lowest BCUT2D eigenvalue weighted by Gasteiger charge is -2.01. The molecule has 48 valence electrons. The van der Waals surface area contributed by atoms with E-state index in [0.29, 0.717) is 12.1 Å². The van der Waals surface area contributed by atoms with Crippen LogP contribution in [0, 0.1) is 11.5 Å². The third-order valence-electron chi connectivity index (χ3n) is 2.43. The zero-order chi connectivity index (χ0) is 6.27. The minimum absolute atomic E-state index is 0.656. The average molecular weight is 122 g/mol. The van der Waals surface area contributed by atoms with E-state index in [0.717, 1.165) is 0 Å². The van der Waals surface area contributed by atoms with Crippen molar-refractivity contribution < 1.29 is 0 Å². The topological polar surface area (TPSA) is 26.8 Å². The van der Waals surface area contributed by atoms with Gasteiger partial charge in [-0.15, -0.1) is 0 Å². The van der Waals surface area contributed by atoms with Gasteiger partial charge in [-0.1, -0.05) is 12.8 Å². The molecule has 2 heteroatoms. The second kappa shape index (κ2) is 1.63. The van der Waals surface area contributed by atoms with E-state index in [2.05, 4.69) is 6.19 Å². The molecule has 2 nitrogen and oxygen atoms in total. The molecule has 0 aromatic carbocycles. The molecule has 0 radical (unpaired) electrons. The van der Waals surface area contributed by atoms with E-state index >= 15 is 0 Å². The zero-order valence-corrected chi connectivity index (χ0v) is 5.38. The van der Waals surface area contributed by atoms with Crippen LogP contribution in [-0.4, -0.2) is 17.0 Å². The predicted octanol–water partition coefficient (Wildman–Crippen LogP) is 1.09. The maximum Gasteiger partial charge on any atom is 0.179 e. The molecule has 2 fully saturated rings. The van der Waals surface area contributed by atoms with Crippen LogP contribution in [0.25, 0.3) is 0 Å². The smallest absolute Gasteiger partial charge is 0.179 e. The fourth-order valence-electron chi connectivity index (χ4n) is 1.85. The average Bonchev–Trinajstić information content (AvgIpc) is 2.60. The molecule has 0 aromatic heterocycles. The fraction of sp³-hybridized carbons (Fsp3) is 0.857. The summed E-state index contributed by atoms with van der Waals surface area (Å²) in [4.78, 5) is 1.94. The molecule has 1 aliphatic carbocycles. The molecule has 0 N–H and O–H groups in total. The van der Waals surface area contributed by atoms with Gasteiger partial charge in [0.1, 0.15) is 0 Å². The van der Waals surface area contributed by atoms with Gasteiger partial charge in [0.05, 0.1) is 12.1 Å². The Morgan fingerprint density at radius 1 is 1.22 bits per heavy atom. The Morgan fingerprint density at radius 2 is 1.78 bits per heavy atom. The van der Waals surface area contributed by atoms with Crippen LogP contribution >= 0.6 is 0 Å². The van der Waals surface area contributed by atoms with Crippen molar-refractivity contribution in [3.05, 3.63) is 0 Å². The van der Waals surface area contributed by atoms with Gasteiger partial charge in [0.25, 0.3) is 0 Å². The Labute approximate surface area is 55.1 Å². The molecular weight excluding hydrogens is 112 g/mol. The van der Waals surface area contributed by atoms with Crippen molar-refractivity contribution in [1.29, 1.82) is 5.26 Å². The SMILES string of the molecule is N#CN1C2CCCCC21. The van der Waals surface area contributed by atoms with E-state index in [1.807, 2.05) is 4.90 Å². The molecule has 0 spiro atoms. The number of likely N-dealkylation sites (tertiary alicyclic amines) is 1. The summed E-state index contributed by atoms with van der Waals surface area (Å²) < 4.78 is 0. The predicted molar refractivity (Wildman–Crippen MR) is 33.5 cm³/mol. The summed E-state index contributed by atoms with van der Waals surface area (Å²) in [7, 11) is 0. The first kappa shape index (κ1) is 5.10. The van der Waals surface area contributed by atoms with Crippen molar-refractivity contribution in [2.45, 2.75) is 37.8 Å². The van der Waals surface area contributed by atoms with E-state index in [1.165, 1.54) is 25.7 Å². The highest BCUT2D eigenvalue weighted by Gasteiger charge is 2.47. The van der Waals surface area contributed by atoms with Gasteiger partial charge < -0.3 is 4.90 Å². The maximum atomic E-state index is 8.51. The lowest BCUT2D eigenvalue weighted by molar-refractivity contribution is 0.571. The Hall–Kier alpha value is -0.710. The first-order chi connectivity index (χ1) is 4.43. The second-order valence-electron chi connectivity index (χ2n) is 2.93. The van der Waals surface area contributed by atoms with E-state index in [4.69, 9.17) is 5.26 Å². The number of fused-ring (bicyclic) bond motifs is 1. The molecule has 0 amide bonds. The van der Waals surface area contributed by atoms with Crippen molar-refractivity contribution in [2.75, 3.05) is 0 Å². The summed E-state index contributed by atoms with van der Waals surface area (Å²) in [6.07, 6.45) is 7.40. The maximum absolute atomic E-state index is 8.51. The third-order valence-corrected chi connectivity index (χ3v) is 2.43. The Kier molecular flexibility index (Phi) is 0.926. The van der Waals surface area contributed by atoms with Crippen molar-refractivity contribution in [3.63, 3.8) is 0 Å². The lowest BCUT2D eigenvalue weighted by atomic mass is 10.0. The van der Waals surface area contributed by atoms with Crippen LogP contribution < -0.4 is 0 Å². The first-order valence-electron chi connectivity index (χ1n) is 3.61. The highest BCUT2D eigenvalue weighted by Crippen LogP contribution is 2.39. The highest BCUT2D eigenvalue weighted by atomic mass is 15.3. The summed E-state index contributed by atoms with van der Waals surface area (Å²) in [6, 6.07) is 1.31. The lowest BCUT2D eigenvalue weighted by Crippen LogP contribution is -2.00. The van der Waals surface area contributed by atoms with E-state index < -0.39 is 0 Å². The zero-order valence-electron chi connectivity index (χ0n) is 5.38. The van der Waals surface area contributed by atoms with Crippen LogP contribution in [0.1, 0.15) is 25.7 Å². The van der Waals surface area contributed by atoms with Crippen LogP contribution in [0.2, 0.25) is 0 Å². The number of nitrogens with zero attached hydrogens (tertiary/aromatic N) is 2. The van der Waals surface area contributed by atoms with Crippen LogP contribution in [0.3, 0.4) is 0 Å². The van der Waals surface area contributed by atoms with Gasteiger partial charge in [0.15, 0.2) is 6.19 Å². The van der Waals surface area contributed by atoms with E-state index in [1.54, 1.807) is 0 Å². The van der Waals surface area contributed by atoms with Crippen LogP contribution in [-0.2, 0) is 0 Å².